The molecule has 10 nitrogen and oxygen atoms in total. The maximum atomic E-state index is 12.6. The SMILES string of the molecule is COc1cc(-n2cnc(C(=O)NCCN(C)C)c2C(N)=O)ccc1NC(=O)c1ccccc1Cl. The summed E-state index contributed by atoms with van der Waals surface area (Å²) >= 11 is 6.11. The smallest absolute Gasteiger partial charge is 0.272 e. The van der Waals surface area contributed by atoms with Gasteiger partial charge in [-0.15, -0.1) is 0 Å². The van der Waals surface area contributed by atoms with Gasteiger partial charge in [0.15, 0.2) is 5.69 Å². The third-order valence-electron chi connectivity index (χ3n) is 4.89. The summed E-state index contributed by atoms with van der Waals surface area (Å²) in [6.07, 6.45) is 1.33. The number of nitrogens with one attached hydrogen (secondary N) is 2. The normalized spacial score (nSPS) is 10.7. The fourth-order valence-corrected chi connectivity index (χ4v) is 3.41. The van der Waals surface area contributed by atoms with Crippen molar-refractivity contribution >= 4 is 35.0 Å². The number of anilines is 1. The van der Waals surface area contributed by atoms with Gasteiger partial charge in [-0.05, 0) is 38.4 Å². The van der Waals surface area contributed by atoms with Crippen LogP contribution in [0.25, 0.3) is 5.69 Å². The number of nitrogens with zero attached hydrogens (tertiary/aromatic N) is 3. The Kier molecular flexibility index (Phi) is 7.87. The van der Waals surface area contributed by atoms with Crippen molar-refractivity contribution in [3.05, 3.63) is 70.8 Å². The molecule has 0 saturated heterocycles. The minimum absolute atomic E-state index is 0.0720. The van der Waals surface area contributed by atoms with Crippen LogP contribution in [0, 0.1) is 0 Å². The van der Waals surface area contributed by atoms with E-state index in [1.54, 1.807) is 42.5 Å². The van der Waals surface area contributed by atoms with E-state index in [0.29, 0.717) is 40.8 Å². The lowest BCUT2D eigenvalue weighted by Crippen LogP contribution is -2.33. The van der Waals surface area contributed by atoms with E-state index in [9.17, 15) is 14.4 Å². The van der Waals surface area contributed by atoms with Gasteiger partial charge in [0.25, 0.3) is 17.7 Å². The van der Waals surface area contributed by atoms with Crippen LogP contribution in [-0.4, -0.2) is 66.5 Å². The summed E-state index contributed by atoms with van der Waals surface area (Å²) in [5.74, 6) is -1.41. The van der Waals surface area contributed by atoms with E-state index in [0.717, 1.165) is 0 Å². The van der Waals surface area contributed by atoms with Crippen molar-refractivity contribution in [2.45, 2.75) is 0 Å². The Morgan fingerprint density at radius 3 is 2.53 bits per heavy atom. The van der Waals surface area contributed by atoms with Crippen LogP contribution < -0.4 is 21.1 Å². The largest absolute Gasteiger partial charge is 0.494 e. The number of carbonyl (C=O) groups is 3. The number of aromatic nitrogens is 2. The van der Waals surface area contributed by atoms with E-state index in [-0.39, 0.29) is 11.4 Å². The molecule has 0 unspecified atom stereocenters. The lowest BCUT2D eigenvalue weighted by atomic mass is 10.2. The van der Waals surface area contributed by atoms with Gasteiger partial charge >= 0.3 is 0 Å². The van der Waals surface area contributed by atoms with Gasteiger partial charge in [-0.2, -0.15) is 0 Å². The van der Waals surface area contributed by atoms with Crippen LogP contribution in [0.2, 0.25) is 5.02 Å². The van der Waals surface area contributed by atoms with Gasteiger partial charge in [-0.1, -0.05) is 23.7 Å². The van der Waals surface area contributed by atoms with Crippen molar-refractivity contribution in [1.82, 2.24) is 19.8 Å². The number of hydrogen-bond donors (Lipinski definition) is 3. The second-order valence-electron chi connectivity index (χ2n) is 7.55. The molecule has 0 aliphatic heterocycles. The summed E-state index contributed by atoms with van der Waals surface area (Å²) < 4.78 is 6.82. The van der Waals surface area contributed by atoms with Gasteiger partial charge in [0, 0.05) is 19.2 Å². The van der Waals surface area contributed by atoms with Crippen molar-refractivity contribution in [2.24, 2.45) is 5.73 Å². The summed E-state index contributed by atoms with van der Waals surface area (Å²) in [5, 5.41) is 5.79. The number of benzene rings is 2. The van der Waals surface area contributed by atoms with Gasteiger partial charge in [0.1, 0.15) is 17.8 Å². The molecule has 2 aromatic carbocycles. The number of rotatable bonds is 9. The first-order valence-electron chi connectivity index (χ1n) is 10.3. The van der Waals surface area contributed by atoms with Crippen molar-refractivity contribution in [3.63, 3.8) is 0 Å². The van der Waals surface area contributed by atoms with Crippen molar-refractivity contribution in [1.29, 1.82) is 0 Å². The average molecular weight is 485 g/mol. The van der Waals surface area contributed by atoms with Gasteiger partial charge in [-0.3, -0.25) is 19.0 Å². The molecular weight excluding hydrogens is 460 g/mol. The molecule has 11 heteroatoms. The molecule has 0 bridgehead atoms. The number of primary amides is 1. The Morgan fingerprint density at radius 2 is 1.88 bits per heavy atom. The van der Waals surface area contributed by atoms with E-state index in [4.69, 9.17) is 22.1 Å². The van der Waals surface area contributed by atoms with E-state index in [2.05, 4.69) is 15.6 Å². The van der Waals surface area contributed by atoms with Crippen molar-refractivity contribution < 1.29 is 19.1 Å². The van der Waals surface area contributed by atoms with E-state index < -0.39 is 17.7 Å². The minimum Gasteiger partial charge on any atom is -0.494 e. The molecule has 3 rings (SSSR count). The highest BCUT2D eigenvalue weighted by molar-refractivity contribution is 6.34. The number of likely N-dealkylation sites (N-methyl/N-ethyl adjacent to an activating group) is 1. The van der Waals surface area contributed by atoms with Crippen LogP contribution >= 0.6 is 11.6 Å². The number of methoxy groups -OCH3 is 1. The second-order valence-corrected chi connectivity index (χ2v) is 7.96. The molecule has 0 fully saturated rings. The summed E-state index contributed by atoms with van der Waals surface area (Å²) in [6.45, 7) is 1.00. The molecule has 3 amide bonds. The van der Waals surface area contributed by atoms with Crippen LogP contribution in [0.1, 0.15) is 31.3 Å². The molecule has 0 aliphatic carbocycles. The van der Waals surface area contributed by atoms with E-state index in [1.807, 2.05) is 19.0 Å². The molecule has 1 heterocycles. The van der Waals surface area contributed by atoms with Gasteiger partial charge < -0.3 is 26.0 Å². The quantitative estimate of drug-likeness (QED) is 0.426. The zero-order valence-corrected chi connectivity index (χ0v) is 19.7. The number of carbonyl (C=O) groups excluding carboxylic acids is 3. The van der Waals surface area contributed by atoms with Crippen LogP contribution in [-0.2, 0) is 0 Å². The topological polar surface area (TPSA) is 132 Å². The Bertz CT molecular complexity index is 1220. The first-order chi connectivity index (χ1) is 16.2. The number of imidazole rings is 1. The molecule has 4 N–H and O–H groups in total. The lowest BCUT2D eigenvalue weighted by molar-refractivity contribution is 0.0928. The Hall–Kier alpha value is -3.89. The molecule has 0 spiro atoms. The Balaban J connectivity index is 1.89. The van der Waals surface area contributed by atoms with Crippen molar-refractivity contribution in [3.8, 4) is 11.4 Å². The first-order valence-corrected chi connectivity index (χ1v) is 10.6. The Morgan fingerprint density at radius 1 is 1.15 bits per heavy atom. The van der Waals surface area contributed by atoms with Gasteiger partial charge in [-0.25, -0.2) is 4.98 Å². The van der Waals surface area contributed by atoms with Gasteiger partial charge in [0.05, 0.1) is 29.1 Å². The van der Waals surface area contributed by atoms with E-state index >= 15 is 0 Å². The second kappa shape index (κ2) is 10.8. The van der Waals surface area contributed by atoms with Crippen LogP contribution in [0.5, 0.6) is 5.75 Å². The molecule has 0 aliphatic rings. The first kappa shape index (κ1) is 24.7. The highest BCUT2D eigenvalue weighted by atomic mass is 35.5. The highest BCUT2D eigenvalue weighted by Crippen LogP contribution is 2.29. The van der Waals surface area contributed by atoms with Crippen LogP contribution in [0.15, 0.2) is 48.8 Å². The molecule has 0 radical (unpaired) electrons. The minimum atomic E-state index is -0.815. The molecule has 3 aromatic rings. The molecule has 178 valence electrons. The summed E-state index contributed by atoms with van der Waals surface area (Å²) in [5.41, 5.74) is 6.57. The fourth-order valence-electron chi connectivity index (χ4n) is 3.19. The fraction of sp³-hybridized carbons (Fsp3) is 0.217. The number of hydrogen-bond acceptors (Lipinski definition) is 6. The van der Waals surface area contributed by atoms with Crippen molar-refractivity contribution in [2.75, 3.05) is 39.6 Å². The van der Waals surface area contributed by atoms with Crippen LogP contribution in [0.3, 0.4) is 0 Å². The highest BCUT2D eigenvalue weighted by Gasteiger charge is 2.23. The lowest BCUT2D eigenvalue weighted by Gasteiger charge is -2.14. The summed E-state index contributed by atoms with van der Waals surface area (Å²) in [7, 11) is 5.20. The number of nitrogens with two attached hydrogens (primary N) is 1. The monoisotopic (exact) mass is 484 g/mol. The number of halogens is 1. The average Bonchev–Trinajstić information content (AvgIpc) is 3.25. The van der Waals surface area contributed by atoms with Crippen LogP contribution in [0.4, 0.5) is 5.69 Å². The predicted octanol–water partition coefficient (Wildman–Crippen LogP) is 2.18. The molecular formula is C23H25ClN6O4. The molecule has 0 saturated carbocycles. The molecule has 34 heavy (non-hydrogen) atoms. The zero-order valence-electron chi connectivity index (χ0n) is 19.0. The van der Waals surface area contributed by atoms with E-state index in [1.165, 1.54) is 18.0 Å². The zero-order chi connectivity index (χ0) is 24.8. The summed E-state index contributed by atoms with van der Waals surface area (Å²) in [6, 6.07) is 11.5. The molecule has 1 aromatic heterocycles. The number of ether oxygens (including phenoxy) is 1. The predicted molar refractivity (Wildman–Crippen MR) is 129 cm³/mol. The third-order valence-corrected chi connectivity index (χ3v) is 5.22. The maximum Gasteiger partial charge on any atom is 0.272 e. The summed E-state index contributed by atoms with van der Waals surface area (Å²) in [4.78, 5) is 43.4. The number of amides is 3. The third kappa shape index (κ3) is 5.53. The maximum absolute atomic E-state index is 12.6. The Labute approximate surface area is 201 Å². The standard InChI is InChI=1S/C23H25ClN6O4/c1-29(2)11-10-26-23(33)19-20(21(25)31)30(13-27-19)14-8-9-17(18(12-14)34-3)28-22(32)15-6-4-5-7-16(15)24/h4-9,12-13H,10-11H2,1-3H3,(H2,25,31)(H,26,33)(H,28,32). The van der Waals surface area contributed by atoms with Gasteiger partial charge in [0.2, 0.25) is 0 Å². The molecule has 0 atom stereocenters.